The van der Waals surface area contributed by atoms with Gasteiger partial charge in [-0.2, -0.15) is 0 Å². The molecule has 6 atom stereocenters. The van der Waals surface area contributed by atoms with Gasteiger partial charge in [-0.05, 0) is 62.3 Å². The van der Waals surface area contributed by atoms with Gasteiger partial charge in [-0.15, -0.1) is 0 Å². The first-order valence-corrected chi connectivity index (χ1v) is 17.8. The summed E-state index contributed by atoms with van der Waals surface area (Å²) in [6, 6.07) is -4.61. The molecule has 0 radical (unpaired) electrons. The number of carbonyl (C=O) groups excluding carboxylic acids is 7. The molecular weight excluding hydrogens is 646 g/mol. The minimum atomic E-state index is -1.00. The van der Waals surface area contributed by atoms with Crippen molar-refractivity contribution in [3.8, 4) is 0 Å². The van der Waals surface area contributed by atoms with Crippen LogP contribution in [0.1, 0.15) is 100 Å². The molecule has 0 aromatic carbocycles. The number of primary amides is 1. The van der Waals surface area contributed by atoms with Crippen LogP contribution in [0.3, 0.4) is 0 Å². The lowest BCUT2D eigenvalue weighted by molar-refractivity contribution is -0.134. The fraction of sp³-hybridized carbons (Fsp3) is 0.794. The van der Waals surface area contributed by atoms with Gasteiger partial charge in [-0.1, -0.05) is 68.2 Å². The fourth-order valence-electron chi connectivity index (χ4n) is 5.04. The van der Waals surface area contributed by atoms with Crippen molar-refractivity contribution in [3.05, 3.63) is 0 Å². The Morgan fingerprint density at radius 2 is 1.08 bits per heavy atom. The van der Waals surface area contributed by atoms with Gasteiger partial charge in [0.1, 0.15) is 24.2 Å². The zero-order chi connectivity index (χ0) is 38.6. The highest BCUT2D eigenvalue weighted by molar-refractivity contribution is 5.95. The van der Waals surface area contributed by atoms with Crippen LogP contribution in [0.2, 0.25) is 0 Å². The molecule has 12 N–H and O–H groups in total. The van der Waals surface area contributed by atoms with Crippen LogP contribution < -0.4 is 49.1 Å². The highest BCUT2D eigenvalue weighted by Gasteiger charge is 2.32. The van der Waals surface area contributed by atoms with E-state index >= 15 is 0 Å². The average Bonchev–Trinajstić information content (AvgIpc) is 3.02. The van der Waals surface area contributed by atoms with Crippen LogP contribution in [0.4, 0.5) is 0 Å². The van der Waals surface area contributed by atoms with Gasteiger partial charge in [0.2, 0.25) is 41.4 Å². The van der Waals surface area contributed by atoms with Crippen molar-refractivity contribution >= 4 is 41.4 Å². The molecule has 0 bridgehead atoms. The number of hydrogen-bond donors (Lipinski definition) is 9. The first kappa shape index (κ1) is 46.2. The number of rotatable bonds is 25. The van der Waals surface area contributed by atoms with Gasteiger partial charge in [-0.25, -0.2) is 0 Å². The van der Waals surface area contributed by atoms with Crippen molar-refractivity contribution in [2.24, 2.45) is 40.9 Å². The molecule has 0 aliphatic carbocycles. The summed E-state index contributed by atoms with van der Waals surface area (Å²) in [6.45, 7) is 14.5. The van der Waals surface area contributed by atoms with E-state index in [2.05, 4.69) is 31.9 Å². The van der Waals surface area contributed by atoms with Gasteiger partial charge in [0, 0.05) is 0 Å². The van der Waals surface area contributed by atoms with E-state index in [1.807, 2.05) is 55.4 Å². The maximum absolute atomic E-state index is 13.4. The molecule has 0 spiro atoms. The second kappa shape index (κ2) is 24.4. The molecule has 0 aliphatic rings. The first-order valence-electron chi connectivity index (χ1n) is 17.8. The third kappa shape index (κ3) is 19.4. The molecule has 7 amide bonds. The average molecular weight is 712 g/mol. The van der Waals surface area contributed by atoms with Crippen molar-refractivity contribution in [1.29, 1.82) is 0 Å². The molecule has 0 saturated heterocycles. The second-order valence-corrected chi connectivity index (χ2v) is 14.3. The Bertz CT molecular complexity index is 1120. The van der Waals surface area contributed by atoms with Gasteiger partial charge >= 0.3 is 0 Å². The number of nitrogens with two attached hydrogens (primary N) is 3. The van der Waals surface area contributed by atoms with Crippen LogP contribution in [-0.2, 0) is 33.6 Å². The van der Waals surface area contributed by atoms with Crippen LogP contribution in [0, 0.1) is 23.7 Å². The molecule has 0 unspecified atom stereocenters. The van der Waals surface area contributed by atoms with Gasteiger partial charge in [0.05, 0.1) is 19.1 Å². The molecule has 0 heterocycles. The van der Waals surface area contributed by atoms with E-state index in [9.17, 15) is 33.6 Å². The van der Waals surface area contributed by atoms with Crippen molar-refractivity contribution in [2.45, 2.75) is 131 Å². The van der Waals surface area contributed by atoms with E-state index in [1.165, 1.54) is 0 Å². The predicted molar refractivity (Wildman–Crippen MR) is 192 cm³/mol. The van der Waals surface area contributed by atoms with E-state index < -0.39 is 84.6 Å². The monoisotopic (exact) mass is 712 g/mol. The summed E-state index contributed by atoms with van der Waals surface area (Å²) in [6.07, 6.45) is 3.27. The number of hydrogen-bond acceptors (Lipinski definition) is 9. The first-order chi connectivity index (χ1) is 23.3. The summed E-state index contributed by atoms with van der Waals surface area (Å²) in [5.41, 5.74) is 17.0. The second-order valence-electron chi connectivity index (χ2n) is 14.3. The molecule has 0 rings (SSSR count). The third-order valence-electron chi connectivity index (χ3n) is 8.03. The summed E-state index contributed by atoms with van der Waals surface area (Å²) in [5, 5.41) is 15.6. The third-order valence-corrected chi connectivity index (χ3v) is 8.03. The SMILES string of the molecule is CC[C@H](C)[C@H](NC(=O)[C@@H](N)CCCCN)C(=O)N[C@@H](CC(C)C)C(=O)NCC(=O)NCC(=O)N[C@@H](CC(C)C)C(=O)N[C@@H](CC(C)C)C(N)=O. The summed E-state index contributed by atoms with van der Waals surface area (Å²) in [4.78, 5) is 89.3. The molecule has 0 fully saturated rings. The van der Waals surface area contributed by atoms with Crippen molar-refractivity contribution in [3.63, 3.8) is 0 Å². The highest BCUT2D eigenvalue weighted by atomic mass is 16.2. The van der Waals surface area contributed by atoms with Crippen LogP contribution in [0.5, 0.6) is 0 Å². The molecule has 50 heavy (non-hydrogen) atoms. The topological polar surface area (TPSA) is 270 Å². The van der Waals surface area contributed by atoms with Gasteiger partial charge in [0.25, 0.3) is 0 Å². The lowest BCUT2D eigenvalue weighted by atomic mass is 9.96. The van der Waals surface area contributed by atoms with Gasteiger partial charge in [0.15, 0.2) is 0 Å². The summed E-state index contributed by atoms with van der Waals surface area (Å²) >= 11 is 0. The van der Waals surface area contributed by atoms with Gasteiger partial charge in [-0.3, -0.25) is 33.6 Å². The van der Waals surface area contributed by atoms with Crippen molar-refractivity contribution in [1.82, 2.24) is 31.9 Å². The summed E-state index contributed by atoms with van der Waals surface area (Å²) in [7, 11) is 0. The van der Waals surface area contributed by atoms with E-state index in [4.69, 9.17) is 17.2 Å². The molecule has 288 valence electrons. The summed E-state index contributed by atoms with van der Waals surface area (Å²) < 4.78 is 0. The molecule has 16 nitrogen and oxygen atoms in total. The Labute approximate surface area is 297 Å². The van der Waals surface area contributed by atoms with E-state index in [1.54, 1.807) is 0 Å². The number of carbonyl (C=O) groups is 7. The summed E-state index contributed by atoms with van der Waals surface area (Å²) in [5.74, 6) is -4.34. The molecule has 0 aliphatic heterocycles. The Morgan fingerprint density at radius 3 is 1.58 bits per heavy atom. The quantitative estimate of drug-likeness (QED) is 0.0540. The van der Waals surface area contributed by atoms with Crippen LogP contribution >= 0.6 is 0 Å². The zero-order valence-electron chi connectivity index (χ0n) is 31.4. The minimum Gasteiger partial charge on any atom is -0.368 e. The van der Waals surface area contributed by atoms with E-state index in [0.29, 0.717) is 32.2 Å². The molecule has 0 saturated carbocycles. The fourth-order valence-corrected chi connectivity index (χ4v) is 5.04. The molecule has 0 aromatic heterocycles. The Kier molecular flexibility index (Phi) is 22.5. The van der Waals surface area contributed by atoms with Gasteiger partial charge < -0.3 is 49.1 Å². The standard InChI is InChI=1S/C34H65N9O7/c1-9-22(8)29(43-31(47)23(36)12-10-11-13-35)34(50)42-25(15-20(4)5)32(48)39-17-27(44)38-18-28(45)40-26(16-21(6)7)33(49)41-24(30(37)46)14-19(2)3/h19-26,29H,9-18,35-36H2,1-8H3,(H2,37,46)(H,38,44)(H,39,48)(H,40,45)(H,41,49)(H,42,50)(H,43,47)/t22-,23-,24-,25-,26-,29-/m0/s1. The van der Waals surface area contributed by atoms with Crippen LogP contribution in [0.25, 0.3) is 0 Å². The molecule has 16 heteroatoms. The highest BCUT2D eigenvalue weighted by Crippen LogP contribution is 2.12. The maximum atomic E-state index is 13.4. The lowest BCUT2D eigenvalue weighted by Gasteiger charge is -2.28. The van der Waals surface area contributed by atoms with Crippen LogP contribution in [0.15, 0.2) is 0 Å². The largest absolute Gasteiger partial charge is 0.368 e. The van der Waals surface area contributed by atoms with Crippen molar-refractivity contribution in [2.75, 3.05) is 19.6 Å². The Hall–Kier alpha value is -3.79. The Morgan fingerprint density at radius 1 is 0.580 bits per heavy atom. The Balaban J connectivity index is 5.33. The molecule has 0 aromatic rings. The smallest absolute Gasteiger partial charge is 0.243 e. The molecular formula is C34H65N9O7. The van der Waals surface area contributed by atoms with E-state index in [0.717, 1.165) is 6.42 Å². The zero-order valence-corrected chi connectivity index (χ0v) is 31.4. The lowest BCUT2D eigenvalue weighted by Crippen LogP contribution is -2.58. The number of amides is 7. The number of unbranched alkanes of at least 4 members (excludes halogenated alkanes) is 1. The van der Waals surface area contributed by atoms with E-state index in [-0.39, 0.29) is 36.5 Å². The maximum Gasteiger partial charge on any atom is 0.243 e. The minimum absolute atomic E-state index is 0.00390. The van der Waals surface area contributed by atoms with Crippen molar-refractivity contribution < 1.29 is 33.6 Å². The normalized spacial score (nSPS) is 14.9. The van der Waals surface area contributed by atoms with Crippen LogP contribution in [-0.4, -0.2) is 91.2 Å². The predicted octanol–water partition coefficient (Wildman–Crippen LogP) is -0.716. The number of nitrogens with one attached hydrogen (secondary N) is 6.